The maximum Gasteiger partial charge on any atom is 0.258 e. The van der Waals surface area contributed by atoms with E-state index in [4.69, 9.17) is 5.73 Å². The van der Waals surface area contributed by atoms with Crippen LogP contribution >= 0.6 is 0 Å². The Hall–Kier alpha value is -1.85. The van der Waals surface area contributed by atoms with Crippen molar-refractivity contribution in [3.05, 3.63) is 22.2 Å². The monoisotopic (exact) mass is 290 g/mol. The van der Waals surface area contributed by atoms with Gasteiger partial charge in [-0.15, -0.1) is 0 Å². The first-order valence-electron chi connectivity index (χ1n) is 7.61. The summed E-state index contributed by atoms with van der Waals surface area (Å²) in [4.78, 5) is 30.7. The highest BCUT2D eigenvalue weighted by molar-refractivity contribution is 5.77. The molecule has 21 heavy (non-hydrogen) atoms. The van der Waals surface area contributed by atoms with Crippen LogP contribution in [0.2, 0.25) is 0 Å². The number of hydrogen-bond donors (Lipinski definition) is 1. The van der Waals surface area contributed by atoms with Crippen LogP contribution in [0.4, 0.5) is 5.82 Å². The molecule has 0 spiro atoms. The molecule has 2 aliphatic rings. The average molecular weight is 290 g/mol. The number of hydrogen-bond acceptors (Lipinski definition) is 4. The Balaban J connectivity index is 1.78. The van der Waals surface area contributed by atoms with E-state index in [2.05, 4.69) is 11.9 Å². The molecule has 6 heteroatoms. The molecular formula is C15H22N4O2. The van der Waals surface area contributed by atoms with Crippen molar-refractivity contribution in [2.75, 3.05) is 5.73 Å². The van der Waals surface area contributed by atoms with Crippen LogP contribution in [0.25, 0.3) is 0 Å². The van der Waals surface area contributed by atoms with E-state index in [1.807, 2.05) is 4.90 Å². The molecule has 114 valence electrons. The van der Waals surface area contributed by atoms with E-state index < -0.39 is 0 Å². The highest BCUT2D eigenvalue weighted by Crippen LogP contribution is 2.39. The quantitative estimate of drug-likeness (QED) is 0.874. The fraction of sp³-hybridized carbons (Fsp3) is 0.667. The fourth-order valence-corrected chi connectivity index (χ4v) is 2.87. The molecule has 1 aromatic heterocycles. The van der Waals surface area contributed by atoms with Crippen molar-refractivity contribution in [1.29, 1.82) is 0 Å². The normalized spacial score (nSPS) is 19.3. The number of carbonyl (C=O) groups is 1. The first-order chi connectivity index (χ1) is 9.99. The molecule has 1 heterocycles. The van der Waals surface area contributed by atoms with Gasteiger partial charge in [-0.1, -0.05) is 0 Å². The first-order valence-corrected chi connectivity index (χ1v) is 7.61. The third-order valence-corrected chi connectivity index (χ3v) is 4.58. The standard InChI is InChI=1S/C15H22N4O2/c1-9-14(16)17-8-18(15(9)21)7-13(20)19(12-5-6-12)10(2)11-3-4-11/h8,10-12H,3-7,16H2,1-2H3. The van der Waals surface area contributed by atoms with E-state index >= 15 is 0 Å². The van der Waals surface area contributed by atoms with Crippen LogP contribution < -0.4 is 11.3 Å². The second-order valence-corrected chi connectivity index (χ2v) is 6.30. The SMILES string of the molecule is Cc1c(N)ncn(CC(=O)N(C2CC2)C(C)C2CC2)c1=O. The average Bonchev–Trinajstić information content (AvgIpc) is 3.30. The van der Waals surface area contributed by atoms with Crippen LogP contribution in [-0.4, -0.2) is 32.4 Å². The first kappa shape index (κ1) is 14.1. The van der Waals surface area contributed by atoms with Gasteiger partial charge in [-0.2, -0.15) is 0 Å². The Kier molecular flexibility index (Phi) is 3.47. The number of carbonyl (C=O) groups excluding carboxylic acids is 1. The molecule has 1 atom stereocenters. The molecule has 2 saturated carbocycles. The summed E-state index contributed by atoms with van der Waals surface area (Å²) in [7, 11) is 0. The van der Waals surface area contributed by atoms with Gasteiger partial charge in [-0.25, -0.2) is 4.98 Å². The summed E-state index contributed by atoms with van der Waals surface area (Å²) in [5, 5.41) is 0. The minimum Gasteiger partial charge on any atom is -0.383 e. The van der Waals surface area contributed by atoms with Crippen LogP contribution in [0.15, 0.2) is 11.1 Å². The van der Waals surface area contributed by atoms with Crippen molar-refractivity contribution < 1.29 is 4.79 Å². The largest absolute Gasteiger partial charge is 0.383 e. The van der Waals surface area contributed by atoms with Crippen LogP contribution in [0.3, 0.4) is 0 Å². The summed E-state index contributed by atoms with van der Waals surface area (Å²) in [6.07, 6.45) is 5.95. The summed E-state index contributed by atoms with van der Waals surface area (Å²) in [5.74, 6) is 0.886. The van der Waals surface area contributed by atoms with Gasteiger partial charge in [0.15, 0.2) is 0 Å². The highest BCUT2D eigenvalue weighted by atomic mass is 16.2. The van der Waals surface area contributed by atoms with Crippen molar-refractivity contribution >= 4 is 11.7 Å². The topological polar surface area (TPSA) is 81.2 Å². The van der Waals surface area contributed by atoms with E-state index in [0.717, 1.165) is 12.8 Å². The van der Waals surface area contributed by atoms with Gasteiger partial charge in [0.1, 0.15) is 18.7 Å². The zero-order chi connectivity index (χ0) is 15.1. The van der Waals surface area contributed by atoms with Gasteiger partial charge in [-0.3, -0.25) is 14.2 Å². The Morgan fingerprint density at radius 2 is 2.14 bits per heavy atom. The minimum absolute atomic E-state index is 0.0185. The third-order valence-electron chi connectivity index (χ3n) is 4.58. The molecule has 3 rings (SSSR count). The zero-order valence-corrected chi connectivity index (χ0v) is 12.6. The number of nitrogens with two attached hydrogens (primary N) is 1. The second-order valence-electron chi connectivity index (χ2n) is 6.30. The predicted molar refractivity (Wildman–Crippen MR) is 79.7 cm³/mol. The third kappa shape index (κ3) is 2.80. The lowest BCUT2D eigenvalue weighted by atomic mass is 10.1. The molecule has 0 radical (unpaired) electrons. The smallest absolute Gasteiger partial charge is 0.258 e. The van der Waals surface area contributed by atoms with Crippen molar-refractivity contribution in [3.8, 4) is 0 Å². The molecule has 0 aromatic carbocycles. The summed E-state index contributed by atoms with van der Waals surface area (Å²) < 4.78 is 1.36. The molecule has 2 N–H and O–H groups in total. The second kappa shape index (κ2) is 5.16. The summed E-state index contributed by atoms with van der Waals surface area (Å²) in [6.45, 7) is 3.82. The van der Waals surface area contributed by atoms with Gasteiger partial charge >= 0.3 is 0 Å². The van der Waals surface area contributed by atoms with Crippen molar-refractivity contribution in [3.63, 3.8) is 0 Å². The van der Waals surface area contributed by atoms with Crippen molar-refractivity contribution in [1.82, 2.24) is 14.5 Å². The number of nitrogen functional groups attached to an aromatic ring is 1. The van der Waals surface area contributed by atoms with E-state index in [1.165, 1.54) is 23.7 Å². The van der Waals surface area contributed by atoms with Gasteiger partial charge < -0.3 is 10.6 Å². The molecular weight excluding hydrogens is 268 g/mol. The predicted octanol–water partition coefficient (Wildman–Crippen LogP) is 0.923. The summed E-state index contributed by atoms with van der Waals surface area (Å²) in [6, 6.07) is 0.648. The van der Waals surface area contributed by atoms with Crippen LogP contribution in [0.1, 0.15) is 38.2 Å². The Morgan fingerprint density at radius 1 is 1.48 bits per heavy atom. The van der Waals surface area contributed by atoms with Crippen LogP contribution in [0, 0.1) is 12.8 Å². The highest BCUT2D eigenvalue weighted by Gasteiger charge is 2.41. The lowest BCUT2D eigenvalue weighted by molar-refractivity contribution is -0.135. The molecule has 1 unspecified atom stereocenters. The maximum atomic E-state index is 12.6. The Bertz CT molecular complexity index is 617. The number of aromatic nitrogens is 2. The fourth-order valence-electron chi connectivity index (χ4n) is 2.87. The lowest BCUT2D eigenvalue weighted by Gasteiger charge is -2.29. The van der Waals surface area contributed by atoms with Crippen molar-refractivity contribution in [2.24, 2.45) is 5.92 Å². The lowest BCUT2D eigenvalue weighted by Crippen LogP contribution is -2.44. The van der Waals surface area contributed by atoms with Gasteiger partial charge in [0.2, 0.25) is 5.91 Å². The van der Waals surface area contributed by atoms with Gasteiger partial charge in [-0.05, 0) is 45.4 Å². The van der Waals surface area contributed by atoms with E-state index in [9.17, 15) is 9.59 Å². The van der Waals surface area contributed by atoms with Crippen LogP contribution in [0.5, 0.6) is 0 Å². The Morgan fingerprint density at radius 3 is 2.71 bits per heavy atom. The van der Waals surface area contributed by atoms with Crippen LogP contribution in [-0.2, 0) is 11.3 Å². The molecule has 0 bridgehead atoms. The van der Waals surface area contributed by atoms with E-state index in [-0.39, 0.29) is 29.9 Å². The van der Waals surface area contributed by atoms with E-state index in [0.29, 0.717) is 17.5 Å². The number of rotatable bonds is 5. The zero-order valence-electron chi connectivity index (χ0n) is 12.6. The molecule has 1 amide bonds. The number of amides is 1. The summed E-state index contributed by atoms with van der Waals surface area (Å²) in [5.41, 5.74) is 5.79. The van der Waals surface area contributed by atoms with Crippen molar-refractivity contribution in [2.45, 2.75) is 58.2 Å². The molecule has 6 nitrogen and oxygen atoms in total. The summed E-state index contributed by atoms with van der Waals surface area (Å²) >= 11 is 0. The van der Waals surface area contributed by atoms with Gasteiger partial charge in [0, 0.05) is 12.1 Å². The molecule has 0 aliphatic heterocycles. The molecule has 1 aromatic rings. The molecule has 2 aliphatic carbocycles. The number of nitrogens with zero attached hydrogens (tertiary/aromatic N) is 3. The molecule has 0 saturated heterocycles. The minimum atomic E-state index is -0.231. The van der Waals surface area contributed by atoms with Gasteiger partial charge in [0.25, 0.3) is 5.56 Å². The van der Waals surface area contributed by atoms with E-state index in [1.54, 1.807) is 6.92 Å². The maximum absolute atomic E-state index is 12.6. The Labute approximate surface area is 124 Å². The molecule has 2 fully saturated rings. The van der Waals surface area contributed by atoms with Gasteiger partial charge in [0.05, 0.1) is 5.56 Å². The number of anilines is 1.